The number of aromatic nitrogens is 2. The number of carboxylic acids is 1. The Hall–Kier alpha value is -2.54. The average Bonchev–Trinajstić information content (AvgIpc) is 2.54. The average molecular weight is 362 g/mol. The van der Waals surface area contributed by atoms with Gasteiger partial charge in [0.15, 0.2) is 0 Å². The molecule has 8 heteroatoms. The van der Waals surface area contributed by atoms with Crippen molar-refractivity contribution in [3.05, 3.63) is 40.9 Å². The summed E-state index contributed by atoms with van der Waals surface area (Å²) in [6, 6.07) is 8.94. The second-order valence-corrected chi connectivity index (χ2v) is 6.86. The summed E-state index contributed by atoms with van der Waals surface area (Å²) in [4.78, 5) is 22.1. The highest BCUT2D eigenvalue weighted by molar-refractivity contribution is 6.30. The number of aliphatic carboxylic acids is 1. The van der Waals surface area contributed by atoms with Gasteiger partial charge in [-0.1, -0.05) is 23.7 Å². The summed E-state index contributed by atoms with van der Waals surface area (Å²) in [7, 11) is 0. The Kier molecular flexibility index (Phi) is 4.67. The lowest BCUT2D eigenvalue weighted by Gasteiger charge is -2.40. The van der Waals surface area contributed by atoms with E-state index in [0.29, 0.717) is 36.8 Å². The molecule has 5 N–H and O–H groups in total. The smallest absolute Gasteiger partial charge is 0.311 e. The van der Waals surface area contributed by atoms with Crippen molar-refractivity contribution in [2.45, 2.75) is 19.3 Å². The number of rotatable bonds is 4. The number of hydrogen-bond acceptors (Lipinski definition) is 6. The van der Waals surface area contributed by atoms with E-state index in [0.717, 1.165) is 12.0 Å². The number of piperidine rings is 1. The van der Waals surface area contributed by atoms with E-state index in [-0.39, 0.29) is 11.8 Å². The van der Waals surface area contributed by atoms with E-state index in [9.17, 15) is 9.90 Å². The Morgan fingerprint density at radius 3 is 2.80 bits per heavy atom. The fraction of sp³-hybridized carbons (Fsp3) is 0.353. The van der Waals surface area contributed by atoms with E-state index < -0.39 is 11.4 Å². The van der Waals surface area contributed by atoms with Crippen LogP contribution in [0.1, 0.15) is 18.4 Å². The fourth-order valence-corrected chi connectivity index (χ4v) is 3.61. The third-order valence-corrected chi connectivity index (χ3v) is 4.77. The van der Waals surface area contributed by atoms with Gasteiger partial charge in [0.05, 0.1) is 5.41 Å². The fourth-order valence-electron chi connectivity index (χ4n) is 3.39. The van der Waals surface area contributed by atoms with Gasteiger partial charge in [-0.3, -0.25) is 4.79 Å². The highest BCUT2D eigenvalue weighted by Gasteiger charge is 2.43. The molecule has 1 aliphatic heterocycles. The minimum atomic E-state index is -0.919. The largest absolute Gasteiger partial charge is 0.481 e. The van der Waals surface area contributed by atoms with Crippen LogP contribution in [0.3, 0.4) is 0 Å². The van der Waals surface area contributed by atoms with Gasteiger partial charge in [-0.15, -0.1) is 0 Å². The van der Waals surface area contributed by atoms with Crippen LogP contribution >= 0.6 is 11.6 Å². The molecule has 0 spiro atoms. The summed E-state index contributed by atoms with van der Waals surface area (Å²) >= 11 is 6.04. The highest BCUT2D eigenvalue weighted by Crippen LogP contribution is 2.36. The lowest BCUT2D eigenvalue weighted by Crippen LogP contribution is -2.49. The molecule has 7 nitrogen and oxygen atoms in total. The predicted molar refractivity (Wildman–Crippen MR) is 97.5 cm³/mol. The minimum absolute atomic E-state index is 0.0799. The van der Waals surface area contributed by atoms with E-state index in [1.54, 1.807) is 12.1 Å². The summed E-state index contributed by atoms with van der Waals surface area (Å²) in [5, 5.41) is 10.6. The molecule has 1 aromatic heterocycles. The number of nitrogens with two attached hydrogens (primary N) is 2. The standard InChI is InChI=1S/C17H20ClN5O2/c18-12-4-1-3-11(7-12)9-17(15(24)25)5-2-6-23(10-17)14-8-13(19)21-16(20)22-14/h1,3-4,7-8H,2,5-6,9-10H2,(H,24,25)(H4,19,20,21,22)/t17-/m1/s1. The van der Waals surface area contributed by atoms with E-state index in [1.165, 1.54) is 0 Å². The molecular formula is C17H20ClN5O2. The van der Waals surface area contributed by atoms with Crippen LogP contribution in [0, 0.1) is 5.41 Å². The maximum Gasteiger partial charge on any atom is 0.311 e. The van der Waals surface area contributed by atoms with E-state index >= 15 is 0 Å². The van der Waals surface area contributed by atoms with Crippen LogP contribution in [0.5, 0.6) is 0 Å². The zero-order valence-corrected chi connectivity index (χ0v) is 14.4. The number of nitrogens with zero attached hydrogens (tertiary/aromatic N) is 3. The minimum Gasteiger partial charge on any atom is -0.481 e. The van der Waals surface area contributed by atoms with Crippen molar-refractivity contribution in [1.82, 2.24) is 9.97 Å². The van der Waals surface area contributed by atoms with Crippen molar-refractivity contribution in [3.8, 4) is 0 Å². The molecule has 0 bridgehead atoms. The van der Waals surface area contributed by atoms with Gasteiger partial charge in [-0.2, -0.15) is 9.97 Å². The van der Waals surface area contributed by atoms with Gasteiger partial charge in [0.25, 0.3) is 0 Å². The van der Waals surface area contributed by atoms with Crippen LogP contribution in [-0.2, 0) is 11.2 Å². The summed E-state index contributed by atoms with van der Waals surface area (Å²) in [5.41, 5.74) is 11.4. The Bertz CT molecular complexity index is 780. The molecule has 1 fully saturated rings. The summed E-state index contributed by atoms with van der Waals surface area (Å²) in [6.07, 6.45) is 1.72. The molecule has 0 unspecified atom stereocenters. The molecule has 0 radical (unpaired) electrons. The van der Waals surface area contributed by atoms with Crippen molar-refractivity contribution < 1.29 is 9.90 Å². The number of nitrogen functional groups attached to an aromatic ring is 2. The lowest BCUT2D eigenvalue weighted by atomic mass is 9.75. The first kappa shape index (κ1) is 17.3. The molecule has 0 amide bonds. The zero-order chi connectivity index (χ0) is 18.0. The monoisotopic (exact) mass is 361 g/mol. The first-order chi connectivity index (χ1) is 11.9. The molecule has 25 heavy (non-hydrogen) atoms. The van der Waals surface area contributed by atoms with Crippen molar-refractivity contribution in [3.63, 3.8) is 0 Å². The summed E-state index contributed by atoms with van der Waals surface area (Å²) in [6.45, 7) is 1.02. The molecular weight excluding hydrogens is 342 g/mol. The number of carbonyl (C=O) groups is 1. The second-order valence-electron chi connectivity index (χ2n) is 6.43. The normalized spacial score (nSPS) is 20.4. The molecule has 2 aromatic rings. The van der Waals surface area contributed by atoms with Crippen LogP contribution in [0.25, 0.3) is 0 Å². The first-order valence-electron chi connectivity index (χ1n) is 8.01. The Labute approximate surface area is 150 Å². The molecule has 132 valence electrons. The highest BCUT2D eigenvalue weighted by atomic mass is 35.5. The number of hydrogen-bond donors (Lipinski definition) is 3. The maximum atomic E-state index is 12.1. The zero-order valence-electron chi connectivity index (χ0n) is 13.7. The molecule has 0 aliphatic carbocycles. The number of carboxylic acid groups (broad SMARTS) is 1. The maximum absolute atomic E-state index is 12.1. The van der Waals surface area contributed by atoms with E-state index in [2.05, 4.69) is 9.97 Å². The van der Waals surface area contributed by atoms with Crippen LogP contribution < -0.4 is 16.4 Å². The van der Waals surface area contributed by atoms with E-state index in [4.69, 9.17) is 23.1 Å². The van der Waals surface area contributed by atoms with Crippen LogP contribution in [-0.4, -0.2) is 34.1 Å². The van der Waals surface area contributed by atoms with Crippen molar-refractivity contribution >= 4 is 35.2 Å². The summed E-state index contributed by atoms with van der Waals surface area (Å²) < 4.78 is 0. The molecule has 2 heterocycles. The molecule has 0 saturated carbocycles. The number of halogens is 1. The van der Waals surface area contributed by atoms with Gasteiger partial charge in [0.1, 0.15) is 11.6 Å². The van der Waals surface area contributed by atoms with Crippen LogP contribution in [0.2, 0.25) is 5.02 Å². The Morgan fingerprint density at radius 2 is 2.12 bits per heavy atom. The molecule has 1 atom stereocenters. The third-order valence-electron chi connectivity index (χ3n) is 4.54. The SMILES string of the molecule is Nc1cc(N2CCC[C@](Cc3cccc(Cl)c3)(C(=O)O)C2)nc(N)n1. The Morgan fingerprint density at radius 1 is 1.32 bits per heavy atom. The molecule has 3 rings (SSSR count). The van der Waals surface area contributed by atoms with Gasteiger partial charge in [0.2, 0.25) is 5.95 Å². The molecule has 1 aliphatic rings. The van der Waals surface area contributed by atoms with E-state index in [1.807, 2.05) is 23.1 Å². The van der Waals surface area contributed by atoms with Gasteiger partial charge in [0, 0.05) is 24.2 Å². The first-order valence-corrected chi connectivity index (χ1v) is 8.39. The lowest BCUT2D eigenvalue weighted by molar-refractivity contribution is -0.149. The predicted octanol–water partition coefficient (Wildman–Crippen LogP) is 2.21. The van der Waals surface area contributed by atoms with Gasteiger partial charge >= 0.3 is 5.97 Å². The number of anilines is 3. The van der Waals surface area contributed by atoms with Crippen molar-refractivity contribution in [2.75, 3.05) is 29.5 Å². The Balaban J connectivity index is 1.90. The van der Waals surface area contributed by atoms with Gasteiger partial charge < -0.3 is 21.5 Å². The molecule has 1 aromatic carbocycles. The number of benzene rings is 1. The molecule has 1 saturated heterocycles. The van der Waals surface area contributed by atoms with Crippen LogP contribution in [0.4, 0.5) is 17.6 Å². The van der Waals surface area contributed by atoms with Crippen LogP contribution in [0.15, 0.2) is 30.3 Å². The van der Waals surface area contributed by atoms with Crippen molar-refractivity contribution in [2.24, 2.45) is 5.41 Å². The van der Waals surface area contributed by atoms with Crippen molar-refractivity contribution in [1.29, 1.82) is 0 Å². The van der Waals surface area contributed by atoms with Gasteiger partial charge in [-0.25, -0.2) is 0 Å². The topological polar surface area (TPSA) is 118 Å². The summed E-state index contributed by atoms with van der Waals surface area (Å²) in [5.74, 6) is 0.0776. The second kappa shape index (κ2) is 6.76. The quantitative estimate of drug-likeness (QED) is 0.763. The van der Waals surface area contributed by atoms with Gasteiger partial charge in [-0.05, 0) is 37.0 Å². The third kappa shape index (κ3) is 3.76.